The van der Waals surface area contributed by atoms with Gasteiger partial charge in [-0.15, -0.1) is 0 Å². The molecule has 6 N–H and O–H groups in total. The van der Waals surface area contributed by atoms with Crippen molar-refractivity contribution < 1.29 is 56.5 Å². The molecule has 7 rings (SSSR count). The molecule has 1 atom stereocenters. The molecular weight excluding hydrogens is 856 g/mol. The summed E-state index contributed by atoms with van der Waals surface area (Å²) in [6.45, 7) is 4.43. The molecule has 17 nitrogen and oxygen atoms in total. The van der Waals surface area contributed by atoms with Crippen molar-refractivity contribution in [2.45, 2.75) is 25.1 Å². The van der Waals surface area contributed by atoms with E-state index in [1.54, 1.807) is 9.80 Å². The molecule has 22 heteroatoms. The highest BCUT2D eigenvalue weighted by Gasteiger charge is 2.43. The molecule has 0 radical (unpaired) electrons. The Kier molecular flexibility index (Phi) is 13.4. The van der Waals surface area contributed by atoms with Gasteiger partial charge in [-0.05, 0) is 36.4 Å². The van der Waals surface area contributed by atoms with Crippen LogP contribution in [0.2, 0.25) is 5.02 Å². The largest absolute Gasteiger partial charge is 0.477 e. The lowest BCUT2D eigenvalue weighted by Gasteiger charge is -2.46. The van der Waals surface area contributed by atoms with Gasteiger partial charge in [0.15, 0.2) is 23.9 Å². The molecule has 3 saturated heterocycles. The van der Waals surface area contributed by atoms with Gasteiger partial charge in [-0.1, -0.05) is 11.6 Å². The monoisotopic (exact) mass is 903 g/mol. The molecule has 0 bridgehead atoms. The van der Waals surface area contributed by atoms with E-state index in [0.29, 0.717) is 49.4 Å². The maximum Gasteiger partial charge on any atom is 0.435 e. The van der Waals surface area contributed by atoms with Crippen LogP contribution < -0.4 is 16.0 Å². The van der Waals surface area contributed by atoms with Crippen molar-refractivity contribution in [2.75, 3.05) is 89.2 Å². The summed E-state index contributed by atoms with van der Waals surface area (Å²) in [7, 11) is 1.33. The number of carbonyl (C=O) groups is 4. The Morgan fingerprint density at radius 3 is 2.30 bits per heavy atom. The molecule has 0 saturated carbocycles. The number of piperidine rings is 1. The summed E-state index contributed by atoms with van der Waals surface area (Å²) in [6.07, 6.45) is -2.85. The second-order valence-electron chi connectivity index (χ2n) is 16.3. The lowest BCUT2D eigenvalue weighted by atomic mass is 9.90. The molecule has 4 aromatic rings. The minimum Gasteiger partial charge on any atom is -0.477 e. The number of carboxylic acids is 1. The lowest BCUT2D eigenvalue weighted by molar-refractivity contribution is -0.929. The molecule has 2 aromatic carbocycles. The number of nitrogens with one attached hydrogen (secondary N) is 3. The minimum atomic E-state index is -4.98. The maximum atomic E-state index is 15.1. The number of alkyl halides is 3. The van der Waals surface area contributed by atoms with Gasteiger partial charge in [0.2, 0.25) is 5.91 Å². The number of hydrogen-bond acceptors (Lipinski definition) is 10. The molecule has 0 spiro atoms. The van der Waals surface area contributed by atoms with E-state index in [4.69, 9.17) is 16.7 Å². The van der Waals surface area contributed by atoms with Crippen LogP contribution in [0, 0.1) is 17.7 Å². The number of halogens is 5. The van der Waals surface area contributed by atoms with Crippen LogP contribution in [-0.4, -0.2) is 157 Å². The predicted molar refractivity (Wildman–Crippen MR) is 221 cm³/mol. The van der Waals surface area contributed by atoms with Crippen molar-refractivity contribution in [3.63, 3.8) is 0 Å². The fraction of sp³-hybridized carbons (Fsp3) is 0.463. The van der Waals surface area contributed by atoms with Crippen LogP contribution in [0.1, 0.15) is 39.5 Å². The molecule has 3 aliphatic heterocycles. The first-order chi connectivity index (χ1) is 29.9. The zero-order valence-electron chi connectivity index (χ0n) is 34.2. The Hall–Kier alpha value is -5.61. The zero-order valence-corrected chi connectivity index (χ0v) is 35.0. The molecule has 5 heterocycles. The molecule has 2 aromatic heterocycles. The summed E-state index contributed by atoms with van der Waals surface area (Å²) < 4.78 is 60.3. The van der Waals surface area contributed by atoms with Crippen LogP contribution >= 0.6 is 11.6 Å². The minimum absolute atomic E-state index is 0.0128. The number of aliphatic hydroxyl groups excluding tert-OH is 2. The third kappa shape index (κ3) is 10.1. The van der Waals surface area contributed by atoms with E-state index in [1.807, 2.05) is 0 Å². The van der Waals surface area contributed by atoms with E-state index in [0.717, 1.165) is 47.3 Å². The average molecular weight is 904 g/mol. The van der Waals surface area contributed by atoms with Gasteiger partial charge in [0, 0.05) is 95.1 Å². The van der Waals surface area contributed by atoms with Crippen molar-refractivity contribution in [2.24, 2.45) is 18.9 Å². The topological polar surface area (TPSA) is 207 Å². The van der Waals surface area contributed by atoms with Gasteiger partial charge in [0.25, 0.3) is 11.8 Å². The number of likely N-dealkylation sites (tertiary alicyclic amines) is 1. The van der Waals surface area contributed by atoms with Crippen LogP contribution in [0.4, 0.5) is 28.9 Å². The van der Waals surface area contributed by atoms with Gasteiger partial charge >= 0.3 is 12.1 Å². The van der Waals surface area contributed by atoms with Gasteiger partial charge in [-0.25, -0.2) is 18.9 Å². The zero-order chi connectivity index (χ0) is 45.2. The highest BCUT2D eigenvalue weighted by Crippen LogP contribution is 2.37. The van der Waals surface area contributed by atoms with E-state index in [9.17, 15) is 42.6 Å². The van der Waals surface area contributed by atoms with Gasteiger partial charge in [0.05, 0.1) is 60.4 Å². The second-order valence-corrected chi connectivity index (χ2v) is 16.7. The van der Waals surface area contributed by atoms with Crippen LogP contribution in [0.3, 0.4) is 0 Å². The standard InChI is InChI=1S/C41H47ClF4N10O7/c1-52-34(30-20-55(51-36(30)41(44,45)46)33-5-3-26(15-32(33)43)48-18-28(58)23-57)19-49-37(52)38(61)50-27-2-4-29(31(42)14-27)40(63)54-10-8-53(9-11-54)39(62)25-6-12-56(13-7-25,22-35(59)60)21-24-16-47-17-24/h2-5,14-15,19-20,24-25,28,47-48,57-58H,6-13,16-18,21-23H2,1H3,(H-,50,59,60,61,63)/p+1/t25?,28-,56?/m0/s1. The number of hydrogen-bond donors (Lipinski definition) is 6. The predicted octanol–water partition coefficient (Wildman–Crippen LogP) is 2.92. The molecule has 3 fully saturated rings. The van der Waals surface area contributed by atoms with Crippen molar-refractivity contribution in [1.29, 1.82) is 0 Å². The molecule has 3 amide bonds. The maximum absolute atomic E-state index is 15.1. The van der Waals surface area contributed by atoms with E-state index in [1.165, 1.54) is 37.4 Å². The molecule has 338 valence electrons. The number of aliphatic carboxylic acids is 1. The fourth-order valence-electron chi connectivity index (χ4n) is 8.46. The molecule has 0 unspecified atom stereocenters. The number of piperazine rings is 1. The van der Waals surface area contributed by atoms with Crippen LogP contribution in [0.25, 0.3) is 16.9 Å². The first-order valence-corrected chi connectivity index (χ1v) is 20.8. The van der Waals surface area contributed by atoms with Gasteiger partial charge in [0.1, 0.15) is 5.69 Å². The average Bonchev–Trinajstić information content (AvgIpc) is 3.85. The van der Waals surface area contributed by atoms with Gasteiger partial charge in [-0.2, -0.15) is 18.3 Å². The van der Waals surface area contributed by atoms with Crippen LogP contribution in [-0.2, 0) is 22.8 Å². The number of amides is 3. The summed E-state index contributed by atoms with van der Waals surface area (Å²) >= 11 is 6.54. The molecule has 63 heavy (non-hydrogen) atoms. The number of quaternary nitrogens is 1. The highest BCUT2D eigenvalue weighted by molar-refractivity contribution is 6.34. The quantitative estimate of drug-likeness (QED) is 0.0802. The van der Waals surface area contributed by atoms with E-state index >= 15 is 4.39 Å². The van der Waals surface area contributed by atoms with E-state index < -0.39 is 47.8 Å². The first-order valence-electron chi connectivity index (χ1n) is 20.4. The third-order valence-electron chi connectivity index (χ3n) is 12.0. The van der Waals surface area contributed by atoms with Crippen molar-refractivity contribution >= 4 is 46.7 Å². The SMILES string of the molecule is Cn1c(-c2cn(-c3ccc(NC[C@H](O)CO)cc3F)nc2C(F)(F)F)cnc1C(=O)Nc1ccc(C(=O)N2CCN(C(=O)C3CC[N+](CC(=O)O)(CC4CNC4)CC3)CC2)c(Cl)c1. The van der Waals surface area contributed by atoms with Crippen LogP contribution in [0.15, 0.2) is 48.8 Å². The van der Waals surface area contributed by atoms with Crippen LogP contribution in [0.5, 0.6) is 0 Å². The Morgan fingerprint density at radius 1 is 1.02 bits per heavy atom. The number of benzene rings is 2. The number of aliphatic hydroxyl groups is 2. The summed E-state index contributed by atoms with van der Waals surface area (Å²) in [5.74, 6) is -2.97. The number of anilines is 2. The lowest BCUT2D eigenvalue weighted by Crippen LogP contribution is -2.62. The summed E-state index contributed by atoms with van der Waals surface area (Å²) in [4.78, 5) is 59.6. The van der Waals surface area contributed by atoms with E-state index in [2.05, 4.69) is 26.0 Å². The summed E-state index contributed by atoms with van der Waals surface area (Å²) in [6, 6.07) is 7.81. The number of nitrogens with zero attached hydrogens (tertiary/aromatic N) is 7. The Labute approximate surface area is 363 Å². The van der Waals surface area contributed by atoms with Crippen molar-refractivity contribution in [1.82, 2.24) is 34.4 Å². The number of rotatable bonds is 14. The first kappa shape index (κ1) is 45.4. The number of carboxylic acid groups (broad SMARTS) is 1. The number of aromatic nitrogens is 4. The molecule has 3 aliphatic rings. The number of carbonyl (C=O) groups excluding carboxylic acids is 3. The van der Waals surface area contributed by atoms with Gasteiger partial charge in [-0.3, -0.25) is 14.4 Å². The number of imidazole rings is 1. The summed E-state index contributed by atoms with van der Waals surface area (Å²) in [5.41, 5.74) is -1.76. The molecular formula is C41H48ClF4N10O7+. The Balaban J connectivity index is 0.962. The fourth-order valence-corrected chi connectivity index (χ4v) is 8.72. The smallest absolute Gasteiger partial charge is 0.435 e. The van der Waals surface area contributed by atoms with E-state index in [-0.39, 0.29) is 83.1 Å². The van der Waals surface area contributed by atoms with Crippen molar-refractivity contribution in [3.05, 3.63) is 76.7 Å². The molecule has 0 aliphatic carbocycles. The van der Waals surface area contributed by atoms with Crippen molar-refractivity contribution in [3.8, 4) is 16.9 Å². The normalized spacial score (nSPS) is 20.0. The second kappa shape index (κ2) is 18.6. The summed E-state index contributed by atoms with van der Waals surface area (Å²) in [5, 5.41) is 40.3. The Bertz CT molecular complexity index is 2350. The Morgan fingerprint density at radius 2 is 1.70 bits per heavy atom. The third-order valence-corrected chi connectivity index (χ3v) is 12.3. The highest BCUT2D eigenvalue weighted by atomic mass is 35.5. The van der Waals surface area contributed by atoms with Gasteiger partial charge < -0.3 is 50.1 Å².